The highest BCUT2D eigenvalue weighted by atomic mass is 79.9. The lowest BCUT2D eigenvalue weighted by molar-refractivity contribution is 0.209. The number of likely N-dealkylation sites (tertiary alicyclic amines) is 1. The van der Waals surface area contributed by atoms with Gasteiger partial charge in [0.25, 0.3) is 0 Å². The molecule has 0 bridgehead atoms. The van der Waals surface area contributed by atoms with Crippen LogP contribution >= 0.6 is 15.9 Å². The van der Waals surface area contributed by atoms with E-state index in [0.717, 1.165) is 17.6 Å². The molecule has 3 nitrogen and oxygen atoms in total. The van der Waals surface area contributed by atoms with Crippen LogP contribution < -0.4 is 5.73 Å². The van der Waals surface area contributed by atoms with Crippen LogP contribution in [0.4, 0.5) is 0 Å². The van der Waals surface area contributed by atoms with Crippen LogP contribution in [0, 0.1) is 0 Å². The Balaban J connectivity index is 1.94. The minimum absolute atomic E-state index is 0.290. The van der Waals surface area contributed by atoms with Crippen molar-refractivity contribution in [3.8, 4) is 0 Å². The standard InChI is InChI=1S/C15H24BrN3/c1-18(10-11-19-8-4-5-9-19)15(12-17)13-6-2-3-7-14(13)16/h2-3,6-7,15H,4-5,8-12,17H2,1H3. The lowest BCUT2D eigenvalue weighted by Crippen LogP contribution is -2.36. The summed E-state index contributed by atoms with van der Waals surface area (Å²) in [5, 5.41) is 0. The average molecular weight is 326 g/mol. The normalized spacial score (nSPS) is 18.1. The predicted molar refractivity (Wildman–Crippen MR) is 84.2 cm³/mol. The third-order valence-corrected chi connectivity index (χ3v) is 4.71. The summed E-state index contributed by atoms with van der Waals surface area (Å²) in [6, 6.07) is 8.67. The van der Waals surface area contributed by atoms with Gasteiger partial charge >= 0.3 is 0 Å². The highest BCUT2D eigenvalue weighted by Crippen LogP contribution is 2.26. The Morgan fingerprint density at radius 3 is 2.63 bits per heavy atom. The second-order valence-corrected chi connectivity index (χ2v) is 6.16. The van der Waals surface area contributed by atoms with Gasteiger partial charge in [0.1, 0.15) is 0 Å². The molecule has 4 heteroatoms. The molecule has 0 radical (unpaired) electrons. The molecular formula is C15H24BrN3. The molecule has 0 aliphatic carbocycles. The molecule has 0 aromatic heterocycles. The third-order valence-electron chi connectivity index (χ3n) is 3.99. The lowest BCUT2D eigenvalue weighted by atomic mass is 10.1. The topological polar surface area (TPSA) is 32.5 Å². The first kappa shape index (κ1) is 15.0. The maximum absolute atomic E-state index is 5.98. The number of hydrogen-bond donors (Lipinski definition) is 1. The van der Waals surface area contributed by atoms with E-state index in [9.17, 15) is 0 Å². The van der Waals surface area contributed by atoms with Crippen LogP contribution in [0.2, 0.25) is 0 Å². The molecule has 1 unspecified atom stereocenters. The molecule has 106 valence electrons. The molecule has 1 saturated heterocycles. The van der Waals surface area contributed by atoms with Gasteiger partial charge < -0.3 is 10.6 Å². The Kier molecular flexibility index (Phi) is 5.82. The summed E-state index contributed by atoms with van der Waals surface area (Å²) >= 11 is 3.63. The fourth-order valence-corrected chi connectivity index (χ4v) is 3.30. The molecule has 0 saturated carbocycles. The summed E-state index contributed by atoms with van der Waals surface area (Å²) in [5.74, 6) is 0. The van der Waals surface area contributed by atoms with E-state index in [2.05, 4.69) is 51.0 Å². The van der Waals surface area contributed by atoms with Crippen molar-refractivity contribution in [3.63, 3.8) is 0 Å². The van der Waals surface area contributed by atoms with Gasteiger partial charge in [-0.3, -0.25) is 4.90 Å². The second kappa shape index (κ2) is 7.39. The van der Waals surface area contributed by atoms with E-state index in [1.54, 1.807) is 0 Å². The van der Waals surface area contributed by atoms with E-state index in [-0.39, 0.29) is 6.04 Å². The third kappa shape index (κ3) is 4.02. The Hall–Kier alpha value is -0.420. The van der Waals surface area contributed by atoms with Crippen molar-refractivity contribution in [1.29, 1.82) is 0 Å². The Morgan fingerprint density at radius 1 is 1.32 bits per heavy atom. The molecule has 1 fully saturated rings. The van der Waals surface area contributed by atoms with E-state index in [4.69, 9.17) is 5.73 Å². The summed E-state index contributed by atoms with van der Waals surface area (Å²) in [6.45, 7) is 5.39. The van der Waals surface area contributed by atoms with Gasteiger partial charge in [-0.05, 0) is 44.6 Å². The fourth-order valence-electron chi connectivity index (χ4n) is 2.75. The van der Waals surface area contributed by atoms with Gasteiger partial charge in [0.05, 0.1) is 0 Å². The molecule has 1 heterocycles. The number of hydrogen-bond acceptors (Lipinski definition) is 3. The molecule has 1 aliphatic rings. The second-order valence-electron chi connectivity index (χ2n) is 5.30. The summed E-state index contributed by atoms with van der Waals surface area (Å²) in [5.41, 5.74) is 7.27. The average Bonchev–Trinajstić information content (AvgIpc) is 2.92. The van der Waals surface area contributed by atoms with Crippen LogP contribution in [-0.4, -0.2) is 49.6 Å². The van der Waals surface area contributed by atoms with Crippen molar-refractivity contribution in [1.82, 2.24) is 9.80 Å². The smallest absolute Gasteiger partial charge is 0.0479 e. The Labute approximate surface area is 124 Å². The lowest BCUT2D eigenvalue weighted by Gasteiger charge is -2.29. The molecule has 2 rings (SSSR count). The van der Waals surface area contributed by atoms with E-state index >= 15 is 0 Å². The molecule has 1 aliphatic heterocycles. The highest BCUT2D eigenvalue weighted by molar-refractivity contribution is 9.10. The van der Waals surface area contributed by atoms with Gasteiger partial charge in [-0.2, -0.15) is 0 Å². The van der Waals surface area contributed by atoms with Crippen LogP contribution in [0.25, 0.3) is 0 Å². The monoisotopic (exact) mass is 325 g/mol. The summed E-state index contributed by atoms with van der Waals surface area (Å²) < 4.78 is 1.15. The van der Waals surface area contributed by atoms with E-state index in [1.807, 2.05) is 6.07 Å². The van der Waals surface area contributed by atoms with E-state index in [1.165, 1.54) is 31.5 Å². The Morgan fingerprint density at radius 2 is 2.00 bits per heavy atom. The van der Waals surface area contributed by atoms with Gasteiger partial charge in [-0.25, -0.2) is 0 Å². The molecule has 2 N–H and O–H groups in total. The van der Waals surface area contributed by atoms with Gasteiger partial charge in [0, 0.05) is 30.1 Å². The number of halogens is 1. The van der Waals surface area contributed by atoms with Crippen molar-refractivity contribution in [2.75, 3.05) is 39.8 Å². The molecule has 19 heavy (non-hydrogen) atoms. The quantitative estimate of drug-likeness (QED) is 0.872. The van der Waals surface area contributed by atoms with Crippen molar-refractivity contribution >= 4 is 15.9 Å². The summed E-state index contributed by atoms with van der Waals surface area (Å²) in [6.07, 6.45) is 2.71. The van der Waals surface area contributed by atoms with E-state index in [0.29, 0.717) is 6.54 Å². The minimum Gasteiger partial charge on any atom is -0.329 e. The number of likely N-dealkylation sites (N-methyl/N-ethyl adjacent to an activating group) is 1. The molecule has 1 aromatic rings. The largest absolute Gasteiger partial charge is 0.329 e. The molecular weight excluding hydrogens is 302 g/mol. The van der Waals surface area contributed by atoms with Crippen molar-refractivity contribution in [3.05, 3.63) is 34.3 Å². The van der Waals surface area contributed by atoms with Crippen LogP contribution in [0.3, 0.4) is 0 Å². The van der Waals surface area contributed by atoms with Gasteiger partial charge in [-0.15, -0.1) is 0 Å². The fraction of sp³-hybridized carbons (Fsp3) is 0.600. The van der Waals surface area contributed by atoms with Crippen LogP contribution in [0.5, 0.6) is 0 Å². The van der Waals surface area contributed by atoms with Gasteiger partial charge in [0.2, 0.25) is 0 Å². The molecule has 1 aromatic carbocycles. The molecule has 0 amide bonds. The van der Waals surface area contributed by atoms with Crippen LogP contribution in [0.1, 0.15) is 24.4 Å². The number of rotatable bonds is 6. The van der Waals surface area contributed by atoms with Crippen LogP contribution in [-0.2, 0) is 0 Å². The summed E-state index contributed by atoms with van der Waals surface area (Å²) in [4.78, 5) is 4.92. The number of benzene rings is 1. The van der Waals surface area contributed by atoms with Crippen molar-refractivity contribution in [2.45, 2.75) is 18.9 Å². The summed E-state index contributed by atoms with van der Waals surface area (Å²) in [7, 11) is 2.17. The molecule has 1 atom stereocenters. The number of nitrogens with two attached hydrogens (primary N) is 1. The zero-order chi connectivity index (χ0) is 13.7. The zero-order valence-corrected chi connectivity index (χ0v) is 13.3. The highest BCUT2D eigenvalue weighted by Gasteiger charge is 2.19. The molecule has 0 spiro atoms. The predicted octanol–water partition coefficient (Wildman–Crippen LogP) is 2.48. The zero-order valence-electron chi connectivity index (χ0n) is 11.7. The van der Waals surface area contributed by atoms with Crippen LogP contribution in [0.15, 0.2) is 28.7 Å². The number of nitrogens with zero attached hydrogens (tertiary/aromatic N) is 2. The van der Waals surface area contributed by atoms with Crippen molar-refractivity contribution < 1.29 is 0 Å². The van der Waals surface area contributed by atoms with E-state index < -0.39 is 0 Å². The first-order valence-electron chi connectivity index (χ1n) is 7.09. The Bertz CT molecular complexity index is 391. The first-order valence-corrected chi connectivity index (χ1v) is 7.88. The van der Waals surface area contributed by atoms with Crippen molar-refractivity contribution in [2.24, 2.45) is 5.73 Å². The maximum Gasteiger partial charge on any atom is 0.0479 e. The SMILES string of the molecule is CN(CCN1CCCC1)C(CN)c1ccccc1Br. The first-order chi connectivity index (χ1) is 9.22. The maximum atomic E-state index is 5.98. The minimum atomic E-state index is 0.290. The van der Waals surface area contributed by atoms with Gasteiger partial charge in [-0.1, -0.05) is 34.1 Å². The van der Waals surface area contributed by atoms with Gasteiger partial charge in [0.15, 0.2) is 0 Å².